The first-order chi connectivity index (χ1) is 6.77. The molecular weight excluding hydrogens is 202 g/mol. The molecule has 6 heteroatoms. The van der Waals surface area contributed by atoms with Crippen molar-refractivity contribution < 1.29 is 9.90 Å². The third-order valence-corrected chi connectivity index (χ3v) is 2.92. The number of nitrogens with one attached hydrogen (secondary N) is 1. The summed E-state index contributed by atoms with van der Waals surface area (Å²) < 4.78 is 4.12. The molecule has 1 saturated heterocycles. The van der Waals surface area contributed by atoms with E-state index in [1.807, 2.05) is 0 Å². The highest BCUT2D eigenvalue weighted by molar-refractivity contribution is 7.08. The van der Waals surface area contributed by atoms with Crippen LogP contribution in [0.5, 0.6) is 0 Å². The minimum atomic E-state index is -0.899. The molecule has 1 aliphatic rings. The number of hydrogen-bond donors (Lipinski definition) is 2. The van der Waals surface area contributed by atoms with Crippen LogP contribution in [0.3, 0.4) is 0 Å². The van der Waals surface area contributed by atoms with Gasteiger partial charge in [-0.05, 0) is 11.5 Å². The Kier molecular flexibility index (Phi) is 2.64. The van der Waals surface area contributed by atoms with E-state index >= 15 is 0 Å². The molecule has 1 fully saturated rings. The van der Waals surface area contributed by atoms with Crippen molar-refractivity contribution in [2.75, 3.05) is 31.1 Å². The Bertz CT molecular complexity index is 333. The van der Waals surface area contributed by atoms with Crippen LogP contribution in [0.15, 0.2) is 6.07 Å². The summed E-state index contributed by atoms with van der Waals surface area (Å²) in [4.78, 5) is 13.0. The van der Waals surface area contributed by atoms with Gasteiger partial charge >= 0.3 is 5.97 Å². The van der Waals surface area contributed by atoms with Crippen LogP contribution in [0.2, 0.25) is 0 Å². The number of rotatable bonds is 2. The molecule has 2 heterocycles. The van der Waals surface area contributed by atoms with Gasteiger partial charge in [0.1, 0.15) is 10.7 Å². The molecule has 0 atom stereocenters. The zero-order chi connectivity index (χ0) is 9.97. The van der Waals surface area contributed by atoms with Gasteiger partial charge in [-0.3, -0.25) is 0 Å². The zero-order valence-electron chi connectivity index (χ0n) is 7.56. The number of carboxylic acids is 1. The lowest BCUT2D eigenvalue weighted by Crippen LogP contribution is -2.43. The summed E-state index contributed by atoms with van der Waals surface area (Å²) in [5.74, 6) is -0.113. The molecule has 0 saturated carbocycles. The maximum absolute atomic E-state index is 10.6. The minimum Gasteiger partial charge on any atom is -0.477 e. The molecular formula is C8H11N3O2S. The molecule has 0 bridgehead atoms. The molecule has 0 radical (unpaired) electrons. The molecule has 1 aliphatic heterocycles. The summed E-state index contributed by atoms with van der Waals surface area (Å²) in [7, 11) is 0. The van der Waals surface area contributed by atoms with E-state index in [1.165, 1.54) is 0 Å². The van der Waals surface area contributed by atoms with Gasteiger partial charge in [0.05, 0.1) is 0 Å². The normalized spacial score (nSPS) is 17.0. The van der Waals surface area contributed by atoms with Gasteiger partial charge in [-0.15, -0.1) is 0 Å². The second kappa shape index (κ2) is 3.93. The van der Waals surface area contributed by atoms with Crippen LogP contribution in [0.25, 0.3) is 0 Å². The van der Waals surface area contributed by atoms with E-state index in [4.69, 9.17) is 5.11 Å². The SMILES string of the molecule is O=C(O)c1cc(N2CCNCC2)ns1. The first-order valence-electron chi connectivity index (χ1n) is 4.43. The quantitative estimate of drug-likeness (QED) is 0.737. The fourth-order valence-corrected chi connectivity index (χ4v) is 2.01. The molecule has 14 heavy (non-hydrogen) atoms. The molecule has 0 amide bonds. The van der Waals surface area contributed by atoms with Crippen LogP contribution >= 0.6 is 11.5 Å². The van der Waals surface area contributed by atoms with Gasteiger partial charge in [0.15, 0.2) is 0 Å². The lowest BCUT2D eigenvalue weighted by atomic mass is 10.3. The maximum atomic E-state index is 10.6. The van der Waals surface area contributed by atoms with E-state index in [0.29, 0.717) is 4.88 Å². The largest absolute Gasteiger partial charge is 0.477 e. The predicted octanol–water partition coefficient (Wildman–Crippen LogP) is 0.251. The minimum absolute atomic E-state index is 0.304. The van der Waals surface area contributed by atoms with Gasteiger partial charge in [0, 0.05) is 32.2 Å². The second-order valence-electron chi connectivity index (χ2n) is 3.09. The topological polar surface area (TPSA) is 65.5 Å². The zero-order valence-corrected chi connectivity index (χ0v) is 8.38. The third kappa shape index (κ3) is 1.85. The molecule has 76 valence electrons. The van der Waals surface area contributed by atoms with Crippen molar-refractivity contribution in [1.29, 1.82) is 0 Å². The van der Waals surface area contributed by atoms with Gasteiger partial charge in [-0.25, -0.2) is 4.79 Å². The van der Waals surface area contributed by atoms with Crippen molar-refractivity contribution in [2.45, 2.75) is 0 Å². The molecule has 5 nitrogen and oxygen atoms in total. The van der Waals surface area contributed by atoms with E-state index in [9.17, 15) is 4.79 Å². The van der Waals surface area contributed by atoms with Crippen molar-refractivity contribution in [3.63, 3.8) is 0 Å². The first-order valence-corrected chi connectivity index (χ1v) is 5.20. The molecule has 0 spiro atoms. The smallest absolute Gasteiger partial charge is 0.347 e. The van der Waals surface area contributed by atoms with Crippen LogP contribution in [-0.2, 0) is 0 Å². The van der Waals surface area contributed by atoms with Gasteiger partial charge in [-0.1, -0.05) is 0 Å². The molecule has 2 rings (SSSR count). The van der Waals surface area contributed by atoms with Gasteiger partial charge in [-0.2, -0.15) is 4.37 Å². The maximum Gasteiger partial charge on any atom is 0.347 e. The standard InChI is InChI=1S/C8H11N3O2S/c12-8(13)6-5-7(10-14-6)11-3-1-9-2-4-11/h5,9H,1-4H2,(H,12,13). The average molecular weight is 213 g/mol. The highest BCUT2D eigenvalue weighted by Gasteiger charge is 2.15. The molecule has 0 aliphatic carbocycles. The number of carboxylic acid groups (broad SMARTS) is 1. The van der Waals surface area contributed by atoms with Crippen LogP contribution in [-0.4, -0.2) is 41.6 Å². The Morgan fingerprint density at radius 3 is 2.86 bits per heavy atom. The van der Waals surface area contributed by atoms with E-state index in [-0.39, 0.29) is 0 Å². The number of carbonyl (C=O) groups is 1. The lowest BCUT2D eigenvalue weighted by Gasteiger charge is -2.26. The second-order valence-corrected chi connectivity index (χ2v) is 3.90. The van der Waals surface area contributed by atoms with Crippen molar-refractivity contribution >= 4 is 23.3 Å². The number of piperazine rings is 1. The highest BCUT2D eigenvalue weighted by Crippen LogP contribution is 2.18. The summed E-state index contributed by atoms with van der Waals surface area (Å²) in [6, 6.07) is 1.64. The molecule has 0 unspecified atom stereocenters. The van der Waals surface area contributed by atoms with Crippen molar-refractivity contribution in [3.8, 4) is 0 Å². The molecule has 2 N–H and O–H groups in total. The number of anilines is 1. The third-order valence-electron chi connectivity index (χ3n) is 2.15. The van der Waals surface area contributed by atoms with E-state index in [2.05, 4.69) is 14.6 Å². The molecule has 1 aromatic heterocycles. The summed E-state index contributed by atoms with van der Waals surface area (Å²) in [6.45, 7) is 3.64. The fraction of sp³-hybridized carbons (Fsp3) is 0.500. The summed E-state index contributed by atoms with van der Waals surface area (Å²) in [6.07, 6.45) is 0. The summed E-state index contributed by atoms with van der Waals surface area (Å²) >= 11 is 1.04. The average Bonchev–Trinajstić information content (AvgIpc) is 2.68. The Hall–Kier alpha value is -1.14. The summed E-state index contributed by atoms with van der Waals surface area (Å²) in [5, 5.41) is 12.0. The Morgan fingerprint density at radius 2 is 2.29 bits per heavy atom. The van der Waals surface area contributed by atoms with Crippen molar-refractivity contribution in [2.24, 2.45) is 0 Å². The number of nitrogens with zero attached hydrogens (tertiary/aromatic N) is 2. The number of hydrogen-bond acceptors (Lipinski definition) is 5. The number of aromatic carboxylic acids is 1. The monoisotopic (exact) mass is 213 g/mol. The van der Waals surface area contributed by atoms with Crippen LogP contribution < -0.4 is 10.2 Å². The van der Waals surface area contributed by atoms with E-state index < -0.39 is 5.97 Å². The summed E-state index contributed by atoms with van der Waals surface area (Å²) in [5.41, 5.74) is 0. The lowest BCUT2D eigenvalue weighted by molar-refractivity contribution is 0.0702. The number of aromatic nitrogens is 1. The highest BCUT2D eigenvalue weighted by atomic mass is 32.1. The van der Waals surface area contributed by atoms with Crippen LogP contribution in [0.4, 0.5) is 5.82 Å². The van der Waals surface area contributed by atoms with Gasteiger partial charge in [0.2, 0.25) is 0 Å². The molecule has 1 aromatic rings. The van der Waals surface area contributed by atoms with Gasteiger partial charge < -0.3 is 15.3 Å². The Morgan fingerprint density at radius 1 is 1.57 bits per heavy atom. The Labute approximate surface area is 85.5 Å². The predicted molar refractivity (Wildman–Crippen MR) is 54.2 cm³/mol. The van der Waals surface area contributed by atoms with Crippen LogP contribution in [0.1, 0.15) is 9.67 Å². The Balaban J connectivity index is 2.11. The first kappa shape index (κ1) is 9.42. The van der Waals surface area contributed by atoms with Crippen molar-refractivity contribution in [3.05, 3.63) is 10.9 Å². The van der Waals surface area contributed by atoms with E-state index in [1.54, 1.807) is 6.07 Å². The van der Waals surface area contributed by atoms with E-state index in [0.717, 1.165) is 43.5 Å². The fourth-order valence-electron chi connectivity index (χ4n) is 1.41. The van der Waals surface area contributed by atoms with Crippen LogP contribution in [0, 0.1) is 0 Å². The van der Waals surface area contributed by atoms with Gasteiger partial charge in [0.25, 0.3) is 0 Å². The molecule has 0 aromatic carbocycles. The van der Waals surface area contributed by atoms with Crippen molar-refractivity contribution in [1.82, 2.24) is 9.69 Å².